The normalized spacial score (nSPS) is 19.7. The van der Waals surface area contributed by atoms with Crippen molar-refractivity contribution in [3.63, 3.8) is 0 Å². The lowest BCUT2D eigenvalue weighted by Crippen LogP contribution is -2.45. The number of rotatable bonds is 4. The third-order valence-electron chi connectivity index (χ3n) is 3.79. The van der Waals surface area contributed by atoms with Crippen molar-refractivity contribution in [1.29, 1.82) is 0 Å². The number of hydrogen-bond donors (Lipinski definition) is 1. The molecule has 1 atom stereocenters. The predicted octanol–water partition coefficient (Wildman–Crippen LogP) is 2.64. The van der Waals surface area contributed by atoms with Crippen LogP contribution in [0.5, 0.6) is 0 Å². The summed E-state index contributed by atoms with van der Waals surface area (Å²) in [7, 11) is 0. The molecule has 1 aliphatic heterocycles. The maximum Gasteiger partial charge on any atom is 0.222 e. The van der Waals surface area contributed by atoms with E-state index in [1.165, 1.54) is 15.3 Å². The van der Waals surface area contributed by atoms with Crippen LogP contribution in [0.4, 0.5) is 0 Å². The van der Waals surface area contributed by atoms with Crippen molar-refractivity contribution in [3.05, 3.63) is 21.4 Å². The summed E-state index contributed by atoms with van der Waals surface area (Å²) >= 11 is 1.84. The lowest BCUT2D eigenvalue weighted by atomic mass is 10.0. The zero-order chi connectivity index (χ0) is 13.8. The maximum atomic E-state index is 12.1. The van der Waals surface area contributed by atoms with E-state index in [0.29, 0.717) is 6.42 Å². The van der Waals surface area contributed by atoms with Crippen molar-refractivity contribution in [2.24, 2.45) is 5.73 Å². The molecular weight excluding hydrogens is 256 g/mol. The van der Waals surface area contributed by atoms with Crippen molar-refractivity contribution in [3.8, 4) is 0 Å². The Morgan fingerprint density at radius 1 is 1.53 bits per heavy atom. The second kappa shape index (κ2) is 6.53. The fourth-order valence-electron chi connectivity index (χ4n) is 2.76. The molecule has 2 rings (SSSR count). The second-order valence-corrected chi connectivity index (χ2v) is 6.99. The van der Waals surface area contributed by atoms with Crippen LogP contribution in [-0.4, -0.2) is 29.9 Å². The van der Waals surface area contributed by atoms with Crippen LogP contribution in [0.15, 0.2) is 6.07 Å². The van der Waals surface area contributed by atoms with Crippen LogP contribution in [0.25, 0.3) is 0 Å². The average Bonchev–Trinajstić information content (AvgIpc) is 2.68. The molecule has 0 aromatic carbocycles. The first-order chi connectivity index (χ1) is 9.06. The molecular formula is C15H24N2OS. The summed E-state index contributed by atoms with van der Waals surface area (Å²) in [6, 6.07) is 2.43. The molecule has 2 N–H and O–H groups in total. The van der Waals surface area contributed by atoms with Gasteiger partial charge in [-0.1, -0.05) is 0 Å². The van der Waals surface area contributed by atoms with Crippen LogP contribution in [0, 0.1) is 13.8 Å². The van der Waals surface area contributed by atoms with E-state index in [4.69, 9.17) is 5.73 Å². The Hall–Kier alpha value is -0.870. The van der Waals surface area contributed by atoms with E-state index in [2.05, 4.69) is 19.9 Å². The molecule has 0 unspecified atom stereocenters. The minimum Gasteiger partial charge on any atom is -0.341 e. The molecule has 19 heavy (non-hydrogen) atoms. The van der Waals surface area contributed by atoms with Gasteiger partial charge >= 0.3 is 0 Å². The number of likely N-dealkylation sites (tertiary alicyclic amines) is 1. The van der Waals surface area contributed by atoms with Crippen LogP contribution in [0.1, 0.15) is 41.0 Å². The van der Waals surface area contributed by atoms with Crippen molar-refractivity contribution in [1.82, 2.24) is 4.90 Å². The fraction of sp³-hybridized carbons (Fsp3) is 0.667. The number of aryl methyl sites for hydroxylation is 3. The summed E-state index contributed by atoms with van der Waals surface area (Å²) in [6.45, 7) is 5.94. The molecule has 2 heterocycles. The highest BCUT2D eigenvalue weighted by atomic mass is 32.1. The van der Waals surface area contributed by atoms with Gasteiger partial charge in [0.05, 0.1) is 0 Å². The van der Waals surface area contributed by atoms with E-state index >= 15 is 0 Å². The SMILES string of the molecule is Cc1cc(CCCC(=O)N2CCC[C@H](N)C2)c(C)s1. The number of nitrogens with zero attached hydrogens (tertiary/aromatic N) is 1. The first-order valence-corrected chi connectivity index (χ1v) is 7.97. The van der Waals surface area contributed by atoms with Crippen LogP contribution in [-0.2, 0) is 11.2 Å². The van der Waals surface area contributed by atoms with Crippen molar-refractivity contribution >= 4 is 17.2 Å². The van der Waals surface area contributed by atoms with Gasteiger partial charge in [0.1, 0.15) is 0 Å². The number of hydrogen-bond acceptors (Lipinski definition) is 3. The second-order valence-electron chi connectivity index (χ2n) is 5.53. The summed E-state index contributed by atoms with van der Waals surface area (Å²) in [4.78, 5) is 16.8. The monoisotopic (exact) mass is 280 g/mol. The zero-order valence-electron chi connectivity index (χ0n) is 11.9. The number of carbonyl (C=O) groups excluding carboxylic acids is 1. The Morgan fingerprint density at radius 3 is 2.95 bits per heavy atom. The average molecular weight is 280 g/mol. The Balaban J connectivity index is 1.76. The van der Waals surface area contributed by atoms with Gasteiger partial charge in [0.15, 0.2) is 0 Å². The lowest BCUT2D eigenvalue weighted by molar-refractivity contribution is -0.132. The largest absolute Gasteiger partial charge is 0.341 e. The maximum absolute atomic E-state index is 12.1. The number of thiophene rings is 1. The van der Waals surface area contributed by atoms with Crippen molar-refractivity contribution < 1.29 is 4.79 Å². The van der Waals surface area contributed by atoms with Gasteiger partial charge in [-0.2, -0.15) is 0 Å². The Kier molecular flexibility index (Phi) is 4.99. The summed E-state index contributed by atoms with van der Waals surface area (Å²) in [5, 5.41) is 0. The standard InChI is InChI=1S/C15H24N2OS/c1-11-9-13(12(2)19-11)5-3-7-15(18)17-8-4-6-14(16)10-17/h9,14H,3-8,10,16H2,1-2H3/t14-/m0/s1. The smallest absolute Gasteiger partial charge is 0.222 e. The number of nitrogens with two attached hydrogens (primary N) is 1. The van der Waals surface area contributed by atoms with Gasteiger partial charge < -0.3 is 10.6 Å². The van der Waals surface area contributed by atoms with Gasteiger partial charge in [0, 0.05) is 35.3 Å². The number of amides is 1. The summed E-state index contributed by atoms with van der Waals surface area (Å²) in [6.07, 6.45) is 4.72. The van der Waals surface area contributed by atoms with Gasteiger partial charge in [-0.3, -0.25) is 4.79 Å². The molecule has 3 nitrogen and oxygen atoms in total. The molecule has 1 aromatic heterocycles. The molecule has 0 aliphatic carbocycles. The molecule has 1 amide bonds. The van der Waals surface area contributed by atoms with E-state index in [1.54, 1.807) is 0 Å². The summed E-state index contributed by atoms with van der Waals surface area (Å²) in [5.74, 6) is 0.278. The van der Waals surface area contributed by atoms with Crippen LogP contribution in [0.3, 0.4) is 0 Å². The quantitative estimate of drug-likeness (QED) is 0.921. The summed E-state index contributed by atoms with van der Waals surface area (Å²) < 4.78 is 0. The third kappa shape index (κ3) is 4.05. The van der Waals surface area contributed by atoms with Crippen molar-refractivity contribution in [2.75, 3.05) is 13.1 Å². The van der Waals surface area contributed by atoms with Gasteiger partial charge in [-0.05, 0) is 51.2 Å². The van der Waals surface area contributed by atoms with Gasteiger partial charge in [0.2, 0.25) is 5.91 Å². The molecule has 0 spiro atoms. The Morgan fingerprint density at radius 2 is 2.32 bits per heavy atom. The van der Waals surface area contributed by atoms with Crippen molar-refractivity contribution in [2.45, 2.75) is 52.0 Å². The molecule has 0 bridgehead atoms. The van der Waals surface area contributed by atoms with E-state index in [0.717, 1.165) is 38.8 Å². The summed E-state index contributed by atoms with van der Waals surface area (Å²) in [5.41, 5.74) is 7.32. The third-order valence-corrected chi connectivity index (χ3v) is 4.80. The fourth-order valence-corrected chi connectivity index (χ4v) is 3.73. The first kappa shape index (κ1) is 14.5. The first-order valence-electron chi connectivity index (χ1n) is 7.15. The van der Waals surface area contributed by atoms with E-state index in [9.17, 15) is 4.79 Å². The van der Waals surface area contributed by atoms with Gasteiger partial charge in [-0.25, -0.2) is 0 Å². The highest BCUT2D eigenvalue weighted by molar-refractivity contribution is 7.12. The lowest BCUT2D eigenvalue weighted by Gasteiger charge is -2.30. The number of carbonyl (C=O) groups is 1. The predicted molar refractivity (Wildman–Crippen MR) is 80.5 cm³/mol. The molecule has 106 valence electrons. The van der Waals surface area contributed by atoms with E-state index < -0.39 is 0 Å². The highest BCUT2D eigenvalue weighted by Gasteiger charge is 2.20. The Bertz CT molecular complexity index is 441. The Labute approximate surface area is 119 Å². The van der Waals surface area contributed by atoms with Crippen LogP contribution < -0.4 is 5.73 Å². The molecule has 1 aliphatic rings. The molecule has 1 fully saturated rings. The van der Waals surface area contributed by atoms with Crippen LogP contribution in [0.2, 0.25) is 0 Å². The molecule has 4 heteroatoms. The topological polar surface area (TPSA) is 46.3 Å². The zero-order valence-corrected chi connectivity index (χ0v) is 12.8. The minimum absolute atomic E-state index is 0.180. The highest BCUT2D eigenvalue weighted by Crippen LogP contribution is 2.22. The van der Waals surface area contributed by atoms with Gasteiger partial charge in [-0.15, -0.1) is 11.3 Å². The number of piperidine rings is 1. The molecule has 0 radical (unpaired) electrons. The molecule has 1 saturated heterocycles. The van der Waals surface area contributed by atoms with Crippen LogP contribution >= 0.6 is 11.3 Å². The van der Waals surface area contributed by atoms with E-state index in [1.807, 2.05) is 16.2 Å². The minimum atomic E-state index is 0.180. The molecule has 1 aromatic rings. The van der Waals surface area contributed by atoms with Gasteiger partial charge in [0.25, 0.3) is 0 Å². The molecule has 0 saturated carbocycles. The van der Waals surface area contributed by atoms with E-state index in [-0.39, 0.29) is 11.9 Å².